The number of carbonyl (C=O) groups excluding carboxylic acids is 1. The molecular weight excluding hydrogens is 271 g/mol. The van der Waals surface area contributed by atoms with Crippen LogP contribution in [0.15, 0.2) is 24.3 Å². The lowest BCUT2D eigenvalue weighted by atomic mass is 9.89. The van der Waals surface area contributed by atoms with Crippen molar-refractivity contribution in [1.29, 1.82) is 0 Å². The Kier molecular flexibility index (Phi) is 5.56. The van der Waals surface area contributed by atoms with Gasteiger partial charge in [0.25, 0.3) is 0 Å². The van der Waals surface area contributed by atoms with Crippen LogP contribution in [-0.4, -0.2) is 19.1 Å². The van der Waals surface area contributed by atoms with Crippen LogP contribution in [0.3, 0.4) is 0 Å². The van der Waals surface area contributed by atoms with E-state index in [1.54, 1.807) is 6.07 Å². The number of hydrogen-bond donors (Lipinski definition) is 1. The van der Waals surface area contributed by atoms with Gasteiger partial charge in [0.05, 0.1) is 12.7 Å². The number of nitrogens with two attached hydrogens (primary N) is 1. The Bertz CT molecular complexity index is 460. The molecular formula is C14H18F3NO2. The number of benzene rings is 1. The van der Waals surface area contributed by atoms with E-state index in [1.807, 2.05) is 6.92 Å². The monoisotopic (exact) mass is 289 g/mol. The second-order valence-corrected chi connectivity index (χ2v) is 4.59. The molecule has 0 aliphatic heterocycles. The molecule has 1 aromatic carbocycles. The highest BCUT2D eigenvalue weighted by atomic mass is 19.4. The molecule has 0 spiro atoms. The molecule has 0 saturated heterocycles. The van der Waals surface area contributed by atoms with Gasteiger partial charge in [0, 0.05) is 0 Å². The molecule has 3 nitrogen and oxygen atoms in total. The molecule has 0 bridgehead atoms. The fraction of sp³-hybridized carbons (Fsp3) is 0.500. The summed E-state index contributed by atoms with van der Waals surface area (Å²) in [4.78, 5) is 11.3. The number of carbonyl (C=O) groups is 1. The van der Waals surface area contributed by atoms with Crippen LogP contribution in [0.5, 0.6) is 0 Å². The third kappa shape index (κ3) is 4.23. The molecule has 2 N–H and O–H groups in total. The van der Waals surface area contributed by atoms with Crippen LogP contribution in [0.25, 0.3) is 0 Å². The predicted octanol–water partition coefficient (Wildman–Crippen LogP) is 3.09. The summed E-state index contributed by atoms with van der Waals surface area (Å²) in [6.45, 7) is 1.84. The Balaban J connectivity index is 2.93. The van der Waals surface area contributed by atoms with Crippen molar-refractivity contribution in [2.45, 2.75) is 37.9 Å². The Hall–Kier alpha value is -1.56. The molecule has 2 atom stereocenters. The lowest BCUT2D eigenvalue weighted by molar-refractivity contribution is -0.142. The maximum absolute atomic E-state index is 12.7. The summed E-state index contributed by atoms with van der Waals surface area (Å²) < 4.78 is 42.6. The molecule has 0 aromatic heterocycles. The fourth-order valence-corrected chi connectivity index (χ4v) is 2.06. The third-order valence-electron chi connectivity index (χ3n) is 3.22. The number of ether oxygens (including phenoxy) is 1. The number of alkyl halides is 3. The first-order chi connectivity index (χ1) is 9.29. The Morgan fingerprint density at radius 2 is 2.05 bits per heavy atom. The zero-order valence-corrected chi connectivity index (χ0v) is 11.4. The van der Waals surface area contributed by atoms with Gasteiger partial charge < -0.3 is 10.5 Å². The lowest BCUT2D eigenvalue weighted by Gasteiger charge is -2.19. The number of halogens is 3. The molecule has 0 aliphatic rings. The minimum atomic E-state index is -4.38. The van der Waals surface area contributed by atoms with E-state index in [0.29, 0.717) is 12.0 Å². The minimum absolute atomic E-state index is 0.216. The summed E-state index contributed by atoms with van der Waals surface area (Å²) in [6, 6.07) is 4.28. The van der Waals surface area contributed by atoms with Gasteiger partial charge in [0.15, 0.2) is 0 Å². The van der Waals surface area contributed by atoms with Crippen molar-refractivity contribution in [1.82, 2.24) is 0 Å². The smallest absolute Gasteiger partial charge is 0.416 e. The molecule has 112 valence electrons. The second kappa shape index (κ2) is 6.74. The van der Waals surface area contributed by atoms with E-state index in [2.05, 4.69) is 4.74 Å². The van der Waals surface area contributed by atoms with E-state index in [4.69, 9.17) is 5.73 Å². The Morgan fingerprint density at radius 1 is 1.40 bits per heavy atom. The summed E-state index contributed by atoms with van der Waals surface area (Å²) >= 11 is 0. The first kappa shape index (κ1) is 16.5. The molecule has 0 heterocycles. The summed E-state index contributed by atoms with van der Waals surface area (Å²) in [5.74, 6) is -0.776. The third-order valence-corrected chi connectivity index (χ3v) is 3.22. The van der Waals surface area contributed by atoms with E-state index < -0.39 is 23.8 Å². The molecule has 0 amide bonds. The summed E-state index contributed by atoms with van der Waals surface area (Å²) in [5, 5.41) is 0. The number of hydrogen-bond acceptors (Lipinski definition) is 3. The average molecular weight is 289 g/mol. The van der Waals surface area contributed by atoms with Gasteiger partial charge in [-0.25, -0.2) is 0 Å². The molecule has 1 rings (SSSR count). The van der Waals surface area contributed by atoms with Crippen molar-refractivity contribution in [3.63, 3.8) is 0 Å². The normalized spacial score (nSPS) is 14.7. The zero-order valence-electron chi connectivity index (χ0n) is 11.4. The molecule has 20 heavy (non-hydrogen) atoms. The van der Waals surface area contributed by atoms with Gasteiger partial charge in [-0.3, -0.25) is 4.79 Å². The molecule has 0 saturated carbocycles. The van der Waals surface area contributed by atoms with Crippen molar-refractivity contribution in [2.24, 2.45) is 5.73 Å². The molecule has 0 fully saturated rings. The maximum Gasteiger partial charge on any atom is 0.416 e. The van der Waals surface area contributed by atoms with E-state index in [9.17, 15) is 18.0 Å². The number of methoxy groups -OCH3 is 1. The average Bonchev–Trinajstić information content (AvgIpc) is 2.42. The quantitative estimate of drug-likeness (QED) is 0.847. The zero-order chi connectivity index (χ0) is 15.3. The van der Waals surface area contributed by atoms with Gasteiger partial charge in [-0.15, -0.1) is 0 Å². The topological polar surface area (TPSA) is 52.3 Å². The first-order valence-electron chi connectivity index (χ1n) is 6.30. The largest absolute Gasteiger partial charge is 0.468 e. The first-order valence-corrected chi connectivity index (χ1v) is 6.30. The number of rotatable bonds is 5. The van der Waals surface area contributed by atoms with E-state index in [0.717, 1.165) is 12.1 Å². The van der Waals surface area contributed by atoms with Crippen LogP contribution in [0, 0.1) is 0 Å². The molecule has 6 heteroatoms. The van der Waals surface area contributed by atoms with Gasteiger partial charge >= 0.3 is 12.1 Å². The fourth-order valence-electron chi connectivity index (χ4n) is 2.06. The van der Waals surface area contributed by atoms with Crippen LogP contribution < -0.4 is 5.73 Å². The van der Waals surface area contributed by atoms with E-state index >= 15 is 0 Å². The summed E-state index contributed by atoms with van der Waals surface area (Å²) in [6.07, 6.45) is -3.53. The summed E-state index contributed by atoms with van der Waals surface area (Å²) in [7, 11) is 1.23. The molecule has 0 aliphatic carbocycles. The Labute approximate surface area is 115 Å². The number of esters is 1. The van der Waals surface area contributed by atoms with Crippen LogP contribution in [0.1, 0.15) is 36.8 Å². The van der Waals surface area contributed by atoms with E-state index in [-0.39, 0.29) is 12.3 Å². The SMILES string of the molecule is CCC(CC(N)C(=O)OC)c1cccc(C(F)(F)F)c1. The van der Waals surface area contributed by atoms with Gasteiger partial charge in [-0.2, -0.15) is 13.2 Å². The van der Waals surface area contributed by atoms with Crippen molar-refractivity contribution in [3.05, 3.63) is 35.4 Å². The molecule has 2 unspecified atom stereocenters. The van der Waals surface area contributed by atoms with Crippen LogP contribution in [0.2, 0.25) is 0 Å². The highest BCUT2D eigenvalue weighted by Crippen LogP contribution is 2.33. The van der Waals surface area contributed by atoms with Crippen molar-refractivity contribution >= 4 is 5.97 Å². The summed E-state index contributed by atoms with van der Waals surface area (Å²) in [5.41, 5.74) is 5.50. The van der Waals surface area contributed by atoms with Crippen LogP contribution in [0.4, 0.5) is 13.2 Å². The van der Waals surface area contributed by atoms with Gasteiger partial charge in [0.2, 0.25) is 0 Å². The minimum Gasteiger partial charge on any atom is -0.468 e. The van der Waals surface area contributed by atoms with Crippen LogP contribution >= 0.6 is 0 Å². The Morgan fingerprint density at radius 3 is 2.55 bits per heavy atom. The highest BCUT2D eigenvalue weighted by Gasteiger charge is 2.31. The standard InChI is InChI=1S/C14H18F3NO2/c1-3-9(8-12(18)13(19)20-2)10-5-4-6-11(7-10)14(15,16)17/h4-7,9,12H,3,8,18H2,1-2H3. The van der Waals surface area contributed by atoms with Crippen molar-refractivity contribution in [2.75, 3.05) is 7.11 Å². The maximum atomic E-state index is 12.7. The van der Waals surface area contributed by atoms with Crippen molar-refractivity contribution in [3.8, 4) is 0 Å². The molecule has 0 radical (unpaired) electrons. The lowest BCUT2D eigenvalue weighted by Crippen LogP contribution is -2.33. The highest BCUT2D eigenvalue weighted by molar-refractivity contribution is 5.75. The van der Waals surface area contributed by atoms with Gasteiger partial charge in [-0.05, 0) is 30.4 Å². The predicted molar refractivity (Wildman–Crippen MR) is 69.1 cm³/mol. The van der Waals surface area contributed by atoms with E-state index in [1.165, 1.54) is 13.2 Å². The molecule has 1 aromatic rings. The second-order valence-electron chi connectivity index (χ2n) is 4.59. The van der Waals surface area contributed by atoms with Gasteiger partial charge in [-0.1, -0.05) is 25.1 Å². The van der Waals surface area contributed by atoms with Crippen LogP contribution in [-0.2, 0) is 15.7 Å². The van der Waals surface area contributed by atoms with Gasteiger partial charge in [0.1, 0.15) is 6.04 Å². The van der Waals surface area contributed by atoms with Crippen molar-refractivity contribution < 1.29 is 22.7 Å².